The van der Waals surface area contributed by atoms with E-state index in [9.17, 15) is 4.79 Å². The van der Waals surface area contributed by atoms with Gasteiger partial charge in [0.1, 0.15) is 11.5 Å². The molecule has 2 aromatic heterocycles. The molecular weight excluding hydrogens is 290 g/mol. The maximum atomic E-state index is 11.6. The number of rotatable bonds is 3. The molecule has 0 spiro atoms. The molecule has 1 saturated heterocycles. The van der Waals surface area contributed by atoms with Gasteiger partial charge in [0.15, 0.2) is 0 Å². The Labute approximate surface area is 133 Å². The molecule has 0 bridgehead atoms. The van der Waals surface area contributed by atoms with Crippen LogP contribution in [0.5, 0.6) is 0 Å². The molecule has 23 heavy (non-hydrogen) atoms. The molecular formula is C17H19N5O. The van der Waals surface area contributed by atoms with E-state index in [1.807, 2.05) is 18.2 Å². The number of hydrogen-bond acceptors (Lipinski definition) is 4. The standard InChI is InChI=1S/C17H19N5O/c18-15-13(16(19)23)8-12-11-5-1-2-6-14(11)22(17(12)21-15)9-10-4-3-7-20-10/h1-2,5-6,8,10,20H,3-4,7,9H2,(H2,18,21)(H2,19,23). The molecule has 118 valence electrons. The first kappa shape index (κ1) is 14.0. The van der Waals surface area contributed by atoms with Crippen molar-refractivity contribution in [2.75, 3.05) is 12.3 Å². The van der Waals surface area contributed by atoms with Crippen LogP contribution in [0, 0.1) is 0 Å². The first-order valence-electron chi connectivity index (χ1n) is 7.86. The van der Waals surface area contributed by atoms with Crippen LogP contribution < -0.4 is 16.8 Å². The summed E-state index contributed by atoms with van der Waals surface area (Å²) in [6.07, 6.45) is 2.35. The zero-order valence-corrected chi connectivity index (χ0v) is 12.7. The number of nitrogens with two attached hydrogens (primary N) is 2. The predicted molar refractivity (Wildman–Crippen MR) is 91.2 cm³/mol. The van der Waals surface area contributed by atoms with Crippen LogP contribution in [0.15, 0.2) is 30.3 Å². The van der Waals surface area contributed by atoms with E-state index in [4.69, 9.17) is 11.5 Å². The minimum Gasteiger partial charge on any atom is -0.383 e. The first-order valence-corrected chi connectivity index (χ1v) is 7.86. The Morgan fingerprint density at radius 1 is 1.35 bits per heavy atom. The lowest BCUT2D eigenvalue weighted by Gasteiger charge is -2.13. The monoisotopic (exact) mass is 309 g/mol. The van der Waals surface area contributed by atoms with Crippen LogP contribution in [0.3, 0.4) is 0 Å². The Balaban J connectivity index is 1.98. The van der Waals surface area contributed by atoms with E-state index < -0.39 is 5.91 Å². The molecule has 1 aromatic carbocycles. The Hall–Kier alpha value is -2.60. The van der Waals surface area contributed by atoms with Crippen molar-refractivity contribution < 1.29 is 4.79 Å². The lowest BCUT2D eigenvalue weighted by molar-refractivity contribution is 0.100. The van der Waals surface area contributed by atoms with Crippen molar-refractivity contribution in [1.29, 1.82) is 0 Å². The third-order valence-corrected chi connectivity index (χ3v) is 4.60. The van der Waals surface area contributed by atoms with Crippen molar-refractivity contribution in [2.24, 2.45) is 5.73 Å². The third-order valence-electron chi connectivity index (χ3n) is 4.60. The highest BCUT2D eigenvalue weighted by Crippen LogP contribution is 2.30. The second-order valence-electron chi connectivity index (χ2n) is 6.08. The number of para-hydroxylation sites is 1. The summed E-state index contributed by atoms with van der Waals surface area (Å²) in [5, 5.41) is 5.50. The maximum Gasteiger partial charge on any atom is 0.252 e. The summed E-state index contributed by atoms with van der Waals surface area (Å²) in [5.41, 5.74) is 13.5. The molecule has 1 fully saturated rings. The summed E-state index contributed by atoms with van der Waals surface area (Å²) in [6.45, 7) is 1.90. The number of aromatic nitrogens is 2. The number of hydrogen-bond donors (Lipinski definition) is 3. The fourth-order valence-corrected chi connectivity index (χ4v) is 3.49. The molecule has 1 aliphatic heterocycles. The average molecular weight is 309 g/mol. The molecule has 5 N–H and O–H groups in total. The minimum atomic E-state index is -0.550. The van der Waals surface area contributed by atoms with Gasteiger partial charge in [-0.1, -0.05) is 18.2 Å². The highest BCUT2D eigenvalue weighted by molar-refractivity contribution is 6.10. The van der Waals surface area contributed by atoms with Crippen LogP contribution in [0.1, 0.15) is 23.2 Å². The summed E-state index contributed by atoms with van der Waals surface area (Å²) in [4.78, 5) is 16.1. The number of carbonyl (C=O) groups is 1. The Kier molecular flexibility index (Phi) is 3.20. The molecule has 0 aliphatic carbocycles. The molecule has 0 saturated carbocycles. The van der Waals surface area contributed by atoms with Gasteiger partial charge in [0.25, 0.3) is 5.91 Å². The van der Waals surface area contributed by atoms with Crippen LogP contribution in [-0.2, 0) is 6.54 Å². The van der Waals surface area contributed by atoms with Crippen molar-refractivity contribution >= 4 is 33.7 Å². The summed E-state index contributed by atoms with van der Waals surface area (Å²) in [5.74, 6) is -0.361. The largest absolute Gasteiger partial charge is 0.383 e. The summed E-state index contributed by atoms with van der Waals surface area (Å²) in [6, 6.07) is 10.3. The van der Waals surface area contributed by atoms with Crippen LogP contribution >= 0.6 is 0 Å². The topological polar surface area (TPSA) is 99.0 Å². The Morgan fingerprint density at radius 3 is 2.91 bits per heavy atom. The maximum absolute atomic E-state index is 11.6. The number of fused-ring (bicyclic) bond motifs is 3. The van der Waals surface area contributed by atoms with Gasteiger partial charge < -0.3 is 21.4 Å². The van der Waals surface area contributed by atoms with Crippen molar-refractivity contribution in [3.8, 4) is 0 Å². The van der Waals surface area contributed by atoms with Crippen LogP contribution in [0.25, 0.3) is 21.9 Å². The van der Waals surface area contributed by atoms with Gasteiger partial charge in [-0.3, -0.25) is 4.79 Å². The second-order valence-corrected chi connectivity index (χ2v) is 6.08. The fourth-order valence-electron chi connectivity index (χ4n) is 3.49. The smallest absolute Gasteiger partial charge is 0.252 e. The van der Waals surface area contributed by atoms with Crippen molar-refractivity contribution in [3.05, 3.63) is 35.9 Å². The predicted octanol–water partition coefficient (Wildman–Crippen LogP) is 1.62. The molecule has 1 unspecified atom stereocenters. The number of pyridine rings is 1. The first-order chi connectivity index (χ1) is 11.1. The van der Waals surface area contributed by atoms with Crippen molar-refractivity contribution in [1.82, 2.24) is 14.9 Å². The number of primary amides is 1. The fraction of sp³-hybridized carbons (Fsp3) is 0.294. The van der Waals surface area contributed by atoms with E-state index in [1.165, 1.54) is 6.42 Å². The van der Waals surface area contributed by atoms with Crippen molar-refractivity contribution in [3.63, 3.8) is 0 Å². The quantitative estimate of drug-likeness (QED) is 0.684. The normalized spacial score (nSPS) is 18.0. The van der Waals surface area contributed by atoms with Gasteiger partial charge in [0.05, 0.1) is 11.1 Å². The Bertz CT molecular complexity index is 908. The van der Waals surface area contributed by atoms with Gasteiger partial charge >= 0.3 is 0 Å². The van der Waals surface area contributed by atoms with E-state index in [-0.39, 0.29) is 11.4 Å². The number of amides is 1. The highest BCUT2D eigenvalue weighted by atomic mass is 16.1. The van der Waals surface area contributed by atoms with Gasteiger partial charge in [-0.05, 0) is 31.5 Å². The molecule has 1 amide bonds. The molecule has 1 aliphatic rings. The van der Waals surface area contributed by atoms with E-state index in [0.717, 1.165) is 41.4 Å². The zero-order valence-electron chi connectivity index (χ0n) is 12.7. The molecule has 0 radical (unpaired) electrons. The molecule has 6 nitrogen and oxygen atoms in total. The Morgan fingerprint density at radius 2 is 2.17 bits per heavy atom. The molecule has 1 atom stereocenters. The lowest BCUT2D eigenvalue weighted by Crippen LogP contribution is -2.26. The van der Waals surface area contributed by atoms with E-state index in [0.29, 0.717) is 6.04 Å². The van der Waals surface area contributed by atoms with Gasteiger partial charge in [-0.15, -0.1) is 0 Å². The number of benzene rings is 1. The summed E-state index contributed by atoms with van der Waals surface area (Å²) < 4.78 is 2.19. The minimum absolute atomic E-state index is 0.188. The molecule has 4 rings (SSSR count). The van der Waals surface area contributed by atoms with E-state index in [2.05, 4.69) is 20.9 Å². The van der Waals surface area contributed by atoms with Gasteiger partial charge in [-0.2, -0.15) is 0 Å². The number of nitrogens with one attached hydrogen (secondary N) is 1. The third kappa shape index (κ3) is 2.22. The van der Waals surface area contributed by atoms with Gasteiger partial charge in [0, 0.05) is 23.4 Å². The lowest BCUT2D eigenvalue weighted by atomic mass is 10.1. The molecule has 6 heteroatoms. The van der Waals surface area contributed by atoms with E-state index in [1.54, 1.807) is 6.07 Å². The molecule has 3 heterocycles. The number of anilines is 1. The summed E-state index contributed by atoms with van der Waals surface area (Å²) >= 11 is 0. The van der Waals surface area contributed by atoms with Gasteiger partial charge in [0.2, 0.25) is 0 Å². The van der Waals surface area contributed by atoms with E-state index >= 15 is 0 Å². The SMILES string of the molecule is NC(=O)c1cc2c3ccccc3n(CC3CCCN3)c2nc1N. The number of carbonyl (C=O) groups excluding carboxylic acids is 1. The highest BCUT2D eigenvalue weighted by Gasteiger charge is 2.20. The number of nitrogens with zero attached hydrogens (tertiary/aromatic N) is 2. The van der Waals surface area contributed by atoms with Crippen molar-refractivity contribution in [2.45, 2.75) is 25.4 Å². The summed E-state index contributed by atoms with van der Waals surface area (Å²) in [7, 11) is 0. The average Bonchev–Trinajstić information content (AvgIpc) is 3.14. The van der Waals surface area contributed by atoms with Crippen LogP contribution in [-0.4, -0.2) is 28.0 Å². The zero-order chi connectivity index (χ0) is 16.0. The molecule has 3 aromatic rings. The second kappa shape index (κ2) is 5.24. The van der Waals surface area contributed by atoms with Crippen LogP contribution in [0.2, 0.25) is 0 Å². The van der Waals surface area contributed by atoms with Crippen LogP contribution in [0.4, 0.5) is 5.82 Å². The number of nitrogen functional groups attached to an aromatic ring is 1. The van der Waals surface area contributed by atoms with Gasteiger partial charge in [-0.25, -0.2) is 4.98 Å².